The highest BCUT2D eigenvalue weighted by molar-refractivity contribution is 7.99. The third-order valence-corrected chi connectivity index (χ3v) is 8.39. The quantitative estimate of drug-likeness (QED) is 0.295. The van der Waals surface area contributed by atoms with Crippen LogP contribution in [0, 0.1) is 5.82 Å². The van der Waals surface area contributed by atoms with Crippen molar-refractivity contribution in [2.24, 2.45) is 0 Å². The highest BCUT2D eigenvalue weighted by Gasteiger charge is 2.23. The SMILES string of the molecule is CNC(=O)N(CCN1CCC(Nc2nc3ccccc3n2Cc2ccc(F)cc2)CC1)Sc1nccs1. The van der Waals surface area contributed by atoms with Gasteiger partial charge in [0.2, 0.25) is 5.95 Å². The molecular formula is C26H30FN7OS2. The third kappa shape index (κ3) is 6.41. The van der Waals surface area contributed by atoms with Crippen molar-refractivity contribution in [3.8, 4) is 0 Å². The van der Waals surface area contributed by atoms with Gasteiger partial charge >= 0.3 is 6.03 Å². The van der Waals surface area contributed by atoms with E-state index in [9.17, 15) is 9.18 Å². The lowest BCUT2D eigenvalue weighted by molar-refractivity contribution is 0.198. The molecule has 2 aromatic carbocycles. The van der Waals surface area contributed by atoms with Crippen LogP contribution in [0.25, 0.3) is 11.0 Å². The van der Waals surface area contributed by atoms with Crippen LogP contribution in [-0.4, -0.2) is 69.0 Å². The maximum atomic E-state index is 13.4. The van der Waals surface area contributed by atoms with E-state index in [2.05, 4.69) is 31.2 Å². The second kappa shape index (κ2) is 11.9. The maximum absolute atomic E-state index is 13.4. The van der Waals surface area contributed by atoms with Crippen LogP contribution in [0.4, 0.5) is 15.1 Å². The van der Waals surface area contributed by atoms with Crippen molar-refractivity contribution in [1.29, 1.82) is 0 Å². The number of carbonyl (C=O) groups excluding carboxylic acids is 1. The lowest BCUT2D eigenvalue weighted by Gasteiger charge is -2.33. The van der Waals surface area contributed by atoms with E-state index in [1.54, 1.807) is 17.5 Å². The number of halogens is 1. The Bertz CT molecular complexity index is 1300. The van der Waals surface area contributed by atoms with Gasteiger partial charge in [0.15, 0.2) is 4.34 Å². The number of carbonyl (C=O) groups is 1. The summed E-state index contributed by atoms with van der Waals surface area (Å²) >= 11 is 2.91. The molecule has 2 aromatic heterocycles. The van der Waals surface area contributed by atoms with Gasteiger partial charge in [-0.05, 0) is 42.7 Å². The zero-order valence-corrected chi connectivity index (χ0v) is 22.3. The molecule has 0 bridgehead atoms. The summed E-state index contributed by atoms with van der Waals surface area (Å²) in [4.78, 5) is 23.9. The summed E-state index contributed by atoms with van der Waals surface area (Å²) in [7, 11) is 1.65. The number of rotatable bonds is 9. The van der Waals surface area contributed by atoms with Crippen LogP contribution >= 0.6 is 23.3 Å². The number of anilines is 1. The number of urea groups is 1. The Morgan fingerprint density at radius 3 is 2.70 bits per heavy atom. The Morgan fingerprint density at radius 1 is 1.19 bits per heavy atom. The summed E-state index contributed by atoms with van der Waals surface area (Å²) in [5, 5.41) is 8.31. The molecule has 1 saturated heterocycles. The molecule has 11 heteroatoms. The summed E-state index contributed by atoms with van der Waals surface area (Å²) in [5.74, 6) is 0.610. The molecule has 0 aliphatic carbocycles. The molecule has 2 N–H and O–H groups in total. The molecule has 37 heavy (non-hydrogen) atoms. The molecule has 0 unspecified atom stereocenters. The predicted octanol–water partition coefficient (Wildman–Crippen LogP) is 4.91. The van der Waals surface area contributed by atoms with Gasteiger partial charge in [0.05, 0.1) is 17.6 Å². The molecule has 5 rings (SSSR count). The van der Waals surface area contributed by atoms with Gasteiger partial charge in [-0.2, -0.15) is 0 Å². The van der Waals surface area contributed by atoms with Crippen molar-refractivity contribution < 1.29 is 9.18 Å². The first kappa shape index (κ1) is 25.5. The number of fused-ring (bicyclic) bond motifs is 1. The molecule has 1 aliphatic heterocycles. The van der Waals surface area contributed by atoms with Crippen molar-refractivity contribution in [2.45, 2.75) is 29.8 Å². The molecule has 194 valence electrons. The Kier molecular flexibility index (Phi) is 8.22. The molecule has 2 amide bonds. The molecule has 0 radical (unpaired) electrons. The van der Waals surface area contributed by atoms with Crippen LogP contribution in [0.15, 0.2) is 64.4 Å². The maximum Gasteiger partial charge on any atom is 0.327 e. The average molecular weight is 540 g/mol. The Balaban J connectivity index is 1.19. The fraction of sp³-hybridized carbons (Fsp3) is 0.346. The number of thiazole rings is 1. The molecular weight excluding hydrogens is 509 g/mol. The second-order valence-corrected chi connectivity index (χ2v) is 11.1. The number of aromatic nitrogens is 3. The zero-order valence-electron chi connectivity index (χ0n) is 20.6. The van der Waals surface area contributed by atoms with E-state index in [1.807, 2.05) is 35.7 Å². The van der Waals surface area contributed by atoms with E-state index in [0.717, 1.165) is 59.4 Å². The smallest absolute Gasteiger partial charge is 0.327 e. The molecule has 1 fully saturated rings. The highest BCUT2D eigenvalue weighted by atomic mass is 32.2. The first-order valence-corrected chi connectivity index (χ1v) is 14.0. The number of hydrogen-bond donors (Lipinski definition) is 2. The van der Waals surface area contributed by atoms with E-state index >= 15 is 0 Å². The minimum Gasteiger partial charge on any atom is -0.353 e. The fourth-order valence-corrected chi connectivity index (χ4v) is 6.11. The number of imidazole rings is 1. The standard InChI is InChI=1S/C26H30FN7OS2/c1-28-25(35)34(37-26-29-12-17-36-26)16-15-32-13-10-21(11-14-32)30-24-31-22-4-2-3-5-23(22)33(24)18-19-6-8-20(27)9-7-19/h2-9,12,17,21H,10-11,13-16,18H2,1H3,(H,28,35)(H,30,31). The largest absolute Gasteiger partial charge is 0.353 e. The lowest BCUT2D eigenvalue weighted by atomic mass is 10.1. The molecule has 4 aromatic rings. The van der Waals surface area contributed by atoms with Crippen LogP contribution in [0.5, 0.6) is 0 Å². The highest BCUT2D eigenvalue weighted by Crippen LogP contribution is 2.26. The van der Waals surface area contributed by atoms with Crippen LogP contribution < -0.4 is 10.6 Å². The van der Waals surface area contributed by atoms with Crippen molar-refractivity contribution in [3.63, 3.8) is 0 Å². The number of nitrogens with zero attached hydrogens (tertiary/aromatic N) is 5. The van der Waals surface area contributed by atoms with Crippen molar-refractivity contribution >= 4 is 46.3 Å². The average Bonchev–Trinajstić information content (AvgIpc) is 3.56. The first-order chi connectivity index (χ1) is 18.1. The van der Waals surface area contributed by atoms with Crippen LogP contribution in [0.3, 0.4) is 0 Å². The predicted molar refractivity (Wildman–Crippen MR) is 147 cm³/mol. The lowest BCUT2D eigenvalue weighted by Crippen LogP contribution is -2.44. The Labute approximate surface area is 224 Å². The minimum atomic E-state index is -0.232. The topological polar surface area (TPSA) is 78.3 Å². The molecule has 0 spiro atoms. The second-order valence-electron chi connectivity index (χ2n) is 8.94. The van der Waals surface area contributed by atoms with Gasteiger partial charge in [0, 0.05) is 62.8 Å². The number of nitrogens with one attached hydrogen (secondary N) is 2. The van der Waals surface area contributed by atoms with E-state index < -0.39 is 0 Å². The fourth-order valence-electron chi connectivity index (χ4n) is 4.50. The van der Waals surface area contributed by atoms with E-state index in [4.69, 9.17) is 4.98 Å². The monoisotopic (exact) mass is 539 g/mol. The van der Waals surface area contributed by atoms with E-state index in [1.165, 1.54) is 35.4 Å². The van der Waals surface area contributed by atoms with Gasteiger partial charge in [0.25, 0.3) is 0 Å². The number of hydrogen-bond acceptors (Lipinski definition) is 7. The number of benzene rings is 2. The van der Waals surface area contributed by atoms with Gasteiger partial charge < -0.3 is 20.1 Å². The van der Waals surface area contributed by atoms with Gasteiger partial charge in [-0.15, -0.1) is 11.3 Å². The van der Waals surface area contributed by atoms with Gasteiger partial charge in [-0.25, -0.2) is 19.2 Å². The normalized spacial score (nSPS) is 14.6. The molecule has 8 nitrogen and oxygen atoms in total. The summed E-state index contributed by atoms with van der Waals surface area (Å²) in [5.41, 5.74) is 3.02. The van der Waals surface area contributed by atoms with Crippen molar-refractivity contribution in [2.75, 3.05) is 38.5 Å². The molecule has 1 aliphatic rings. The molecule has 0 saturated carbocycles. The molecule has 0 atom stereocenters. The Hall–Kier alpha value is -3.15. The summed E-state index contributed by atoms with van der Waals surface area (Å²) in [6.07, 6.45) is 3.72. The first-order valence-electron chi connectivity index (χ1n) is 12.3. The number of amides is 2. The number of likely N-dealkylation sites (tertiary alicyclic amines) is 1. The van der Waals surface area contributed by atoms with Crippen LogP contribution in [-0.2, 0) is 6.54 Å². The van der Waals surface area contributed by atoms with Gasteiger partial charge in [0.1, 0.15) is 5.82 Å². The molecule has 3 heterocycles. The summed E-state index contributed by atoms with van der Waals surface area (Å²) in [6.45, 7) is 3.93. The summed E-state index contributed by atoms with van der Waals surface area (Å²) < 4.78 is 18.2. The van der Waals surface area contributed by atoms with E-state index in [-0.39, 0.29) is 11.8 Å². The number of para-hydroxylation sites is 2. The minimum absolute atomic E-state index is 0.114. The Morgan fingerprint density at radius 2 is 1.97 bits per heavy atom. The third-order valence-electron chi connectivity index (χ3n) is 6.49. The summed E-state index contributed by atoms with van der Waals surface area (Å²) in [6, 6.07) is 14.9. The van der Waals surface area contributed by atoms with Crippen molar-refractivity contribution in [1.82, 2.24) is 29.1 Å². The van der Waals surface area contributed by atoms with Gasteiger partial charge in [-0.3, -0.25) is 4.31 Å². The van der Waals surface area contributed by atoms with Crippen molar-refractivity contribution in [3.05, 3.63) is 71.5 Å². The van der Waals surface area contributed by atoms with Crippen LogP contribution in [0.2, 0.25) is 0 Å². The zero-order chi connectivity index (χ0) is 25.6. The van der Waals surface area contributed by atoms with E-state index in [0.29, 0.717) is 19.1 Å². The van der Waals surface area contributed by atoms with Gasteiger partial charge in [-0.1, -0.05) is 24.3 Å². The number of piperidine rings is 1. The van der Waals surface area contributed by atoms with Crippen LogP contribution in [0.1, 0.15) is 18.4 Å².